The van der Waals surface area contributed by atoms with Gasteiger partial charge in [0.15, 0.2) is 22.4 Å². The second-order valence-electron chi connectivity index (χ2n) is 7.83. The molecular weight excluding hydrogens is 558 g/mol. The van der Waals surface area contributed by atoms with Gasteiger partial charge >= 0.3 is 0 Å². The van der Waals surface area contributed by atoms with E-state index in [1.807, 2.05) is 13.0 Å². The molecule has 0 unspecified atom stereocenters. The lowest BCUT2D eigenvalue weighted by Gasteiger charge is -2.15. The Morgan fingerprint density at radius 1 is 1.11 bits per heavy atom. The number of hydrogen-bond donors (Lipinski definition) is 1. The third kappa shape index (κ3) is 6.24. The van der Waals surface area contributed by atoms with E-state index in [9.17, 15) is 14.0 Å². The molecule has 1 N–H and O–H groups in total. The number of nitrogens with one attached hydrogen (secondary N) is 1. The van der Waals surface area contributed by atoms with Crippen LogP contribution in [-0.4, -0.2) is 29.9 Å². The fraction of sp³-hybridized carbons (Fsp3) is 0.115. The van der Waals surface area contributed by atoms with Gasteiger partial charge in [-0.25, -0.2) is 4.39 Å². The first-order valence-corrected chi connectivity index (χ1v) is 12.7. The lowest BCUT2D eigenvalue weighted by atomic mass is 10.1. The highest BCUT2D eigenvalue weighted by atomic mass is 35.5. The van der Waals surface area contributed by atoms with Gasteiger partial charge in [0.25, 0.3) is 11.8 Å². The van der Waals surface area contributed by atoms with Crippen molar-refractivity contribution in [2.45, 2.75) is 6.92 Å². The monoisotopic (exact) mass is 576 g/mol. The van der Waals surface area contributed by atoms with Gasteiger partial charge < -0.3 is 14.8 Å². The van der Waals surface area contributed by atoms with Crippen molar-refractivity contribution in [3.63, 3.8) is 0 Å². The second-order valence-corrected chi connectivity index (χ2v) is 10.3. The zero-order chi connectivity index (χ0) is 26.7. The Morgan fingerprint density at radius 2 is 1.89 bits per heavy atom. The van der Waals surface area contributed by atoms with Crippen LogP contribution in [0.5, 0.6) is 11.5 Å². The molecule has 1 heterocycles. The lowest BCUT2D eigenvalue weighted by molar-refractivity contribution is -0.118. The number of benzene rings is 3. The summed E-state index contributed by atoms with van der Waals surface area (Å²) in [6.07, 6.45) is 1.70. The zero-order valence-corrected chi connectivity index (χ0v) is 22.7. The molecule has 0 aromatic heterocycles. The fourth-order valence-corrected chi connectivity index (χ4v) is 5.02. The van der Waals surface area contributed by atoms with Crippen molar-refractivity contribution in [1.29, 1.82) is 0 Å². The first kappa shape index (κ1) is 26.9. The molecule has 0 spiro atoms. The van der Waals surface area contributed by atoms with Crippen LogP contribution in [0.4, 0.5) is 15.8 Å². The van der Waals surface area contributed by atoms with Gasteiger partial charge in [-0.2, -0.15) is 0 Å². The van der Waals surface area contributed by atoms with Crippen LogP contribution in [0, 0.1) is 12.7 Å². The van der Waals surface area contributed by atoms with Crippen LogP contribution in [-0.2, 0) is 9.59 Å². The van der Waals surface area contributed by atoms with Crippen molar-refractivity contribution >= 4 is 80.8 Å². The van der Waals surface area contributed by atoms with Gasteiger partial charge in [-0.15, -0.1) is 0 Å². The van der Waals surface area contributed by atoms with Crippen LogP contribution in [0.3, 0.4) is 0 Å². The number of carbonyl (C=O) groups excluding carboxylic acids is 2. The number of amides is 2. The van der Waals surface area contributed by atoms with E-state index in [1.54, 1.807) is 36.4 Å². The number of nitrogens with zero attached hydrogens (tertiary/aromatic N) is 1. The maximum atomic E-state index is 13.3. The van der Waals surface area contributed by atoms with E-state index in [0.29, 0.717) is 42.7 Å². The number of thiocarbonyl (C=S) groups is 1. The molecule has 1 aliphatic rings. The Kier molecular flexibility index (Phi) is 8.39. The quantitative estimate of drug-likeness (QED) is 0.244. The minimum Gasteiger partial charge on any atom is -0.493 e. The van der Waals surface area contributed by atoms with Gasteiger partial charge in [0.05, 0.1) is 22.7 Å². The van der Waals surface area contributed by atoms with Gasteiger partial charge in [0.1, 0.15) is 5.82 Å². The molecule has 0 aliphatic carbocycles. The van der Waals surface area contributed by atoms with Crippen LogP contribution in [0.25, 0.3) is 6.08 Å². The molecule has 6 nitrogen and oxygen atoms in total. The number of methoxy groups -OCH3 is 1. The average Bonchev–Trinajstić information content (AvgIpc) is 3.14. The van der Waals surface area contributed by atoms with Gasteiger partial charge in [0.2, 0.25) is 0 Å². The van der Waals surface area contributed by atoms with Crippen LogP contribution in [0.2, 0.25) is 10.0 Å². The first-order chi connectivity index (χ1) is 17.7. The molecule has 11 heteroatoms. The van der Waals surface area contributed by atoms with Crippen molar-refractivity contribution in [2.24, 2.45) is 0 Å². The van der Waals surface area contributed by atoms with Crippen molar-refractivity contribution < 1.29 is 23.5 Å². The summed E-state index contributed by atoms with van der Waals surface area (Å²) in [5.41, 5.74) is 2.52. The number of halogens is 3. The highest BCUT2D eigenvalue weighted by Crippen LogP contribution is 2.38. The first-order valence-electron chi connectivity index (χ1n) is 10.8. The average molecular weight is 577 g/mol. The van der Waals surface area contributed by atoms with Crippen molar-refractivity contribution in [3.8, 4) is 11.5 Å². The minimum absolute atomic E-state index is 0.101. The van der Waals surface area contributed by atoms with Gasteiger partial charge in [-0.3, -0.25) is 14.5 Å². The lowest BCUT2D eigenvalue weighted by Crippen LogP contribution is -2.27. The zero-order valence-electron chi connectivity index (χ0n) is 19.5. The van der Waals surface area contributed by atoms with Crippen molar-refractivity contribution in [2.75, 3.05) is 23.9 Å². The maximum absolute atomic E-state index is 13.3. The van der Waals surface area contributed by atoms with Crippen LogP contribution < -0.4 is 19.7 Å². The Hall–Kier alpha value is -3.11. The summed E-state index contributed by atoms with van der Waals surface area (Å²) in [7, 11) is 1.47. The number of ether oxygens (including phenoxy) is 2. The Balaban J connectivity index is 1.45. The third-order valence-corrected chi connectivity index (χ3v) is 7.25. The highest BCUT2D eigenvalue weighted by Gasteiger charge is 2.33. The summed E-state index contributed by atoms with van der Waals surface area (Å²) in [5, 5.41) is 3.03. The summed E-state index contributed by atoms with van der Waals surface area (Å²) in [6.45, 7) is 1.56. The molecule has 0 radical (unpaired) electrons. The fourth-order valence-electron chi connectivity index (χ4n) is 3.37. The number of rotatable bonds is 7. The number of aryl methyl sites for hydroxylation is 1. The van der Waals surface area contributed by atoms with E-state index < -0.39 is 11.7 Å². The molecule has 0 bridgehead atoms. The summed E-state index contributed by atoms with van der Waals surface area (Å²) in [6, 6.07) is 14.2. The van der Waals surface area contributed by atoms with E-state index >= 15 is 0 Å². The molecule has 1 fully saturated rings. The summed E-state index contributed by atoms with van der Waals surface area (Å²) in [5.74, 6) is -0.607. The number of hydrogen-bond acceptors (Lipinski definition) is 6. The number of anilines is 2. The maximum Gasteiger partial charge on any atom is 0.270 e. The molecule has 37 heavy (non-hydrogen) atoms. The third-order valence-electron chi connectivity index (χ3n) is 5.25. The van der Waals surface area contributed by atoms with E-state index in [2.05, 4.69) is 5.32 Å². The van der Waals surface area contributed by atoms with Gasteiger partial charge in [0, 0.05) is 10.7 Å². The van der Waals surface area contributed by atoms with Crippen LogP contribution in [0.1, 0.15) is 11.1 Å². The van der Waals surface area contributed by atoms with Gasteiger partial charge in [-0.05, 0) is 66.6 Å². The molecule has 0 saturated carbocycles. The van der Waals surface area contributed by atoms with Crippen molar-refractivity contribution in [3.05, 3.63) is 86.5 Å². The molecule has 1 saturated heterocycles. The smallest absolute Gasteiger partial charge is 0.270 e. The van der Waals surface area contributed by atoms with Crippen LogP contribution in [0.15, 0.2) is 59.5 Å². The largest absolute Gasteiger partial charge is 0.493 e. The van der Waals surface area contributed by atoms with E-state index in [1.165, 1.54) is 35.9 Å². The van der Waals surface area contributed by atoms with Crippen LogP contribution >= 0.6 is 47.2 Å². The standard InChI is InChI=1S/C26H19Cl2FN2O4S2/c1-14-3-6-17(12-18(14)27)31-25(33)23(37-26(31)36)10-15-4-8-21(22(9-15)34-2)35-13-24(32)30-16-5-7-20(29)19(28)11-16/h3-12H,13H2,1-2H3,(H,30,32)/b23-10-. The Morgan fingerprint density at radius 3 is 2.59 bits per heavy atom. The predicted molar refractivity (Wildman–Crippen MR) is 150 cm³/mol. The summed E-state index contributed by atoms with van der Waals surface area (Å²) < 4.78 is 24.7. The van der Waals surface area contributed by atoms with Crippen molar-refractivity contribution in [1.82, 2.24) is 0 Å². The molecular formula is C26H19Cl2FN2O4S2. The highest BCUT2D eigenvalue weighted by molar-refractivity contribution is 8.27. The molecule has 2 amide bonds. The normalized spacial score (nSPS) is 14.3. The molecule has 0 atom stereocenters. The molecule has 3 aromatic carbocycles. The predicted octanol–water partition coefficient (Wildman–Crippen LogP) is 6.87. The van der Waals surface area contributed by atoms with E-state index in [4.69, 9.17) is 44.9 Å². The molecule has 190 valence electrons. The number of thioether (sulfide) groups is 1. The Bertz CT molecular complexity index is 1450. The topological polar surface area (TPSA) is 67.9 Å². The summed E-state index contributed by atoms with van der Waals surface area (Å²) in [4.78, 5) is 27.2. The second kappa shape index (κ2) is 11.5. The Labute approximate surface area is 232 Å². The minimum atomic E-state index is -0.581. The number of carbonyl (C=O) groups is 2. The van der Waals surface area contributed by atoms with Gasteiger partial charge in [-0.1, -0.05) is 59.3 Å². The molecule has 1 aliphatic heterocycles. The molecule has 3 aromatic rings. The summed E-state index contributed by atoms with van der Waals surface area (Å²) >= 11 is 18.6. The van der Waals surface area contributed by atoms with E-state index in [-0.39, 0.29) is 17.5 Å². The SMILES string of the molecule is COc1cc(/C=C2\SC(=S)N(c3ccc(C)c(Cl)c3)C2=O)ccc1OCC(=O)Nc1ccc(F)c(Cl)c1. The van der Waals surface area contributed by atoms with E-state index in [0.717, 1.165) is 11.6 Å². The molecule has 4 rings (SSSR count).